The molecule has 0 aromatic carbocycles. The molecule has 0 saturated heterocycles. The van der Waals surface area contributed by atoms with Crippen molar-refractivity contribution in [1.82, 2.24) is 19.5 Å². The number of ether oxygens (including phenoxy) is 1. The molecule has 2 rings (SSSR count). The number of aryl methyl sites for hydroxylation is 1. The Bertz CT molecular complexity index is 579. The van der Waals surface area contributed by atoms with Gasteiger partial charge in [0.1, 0.15) is 24.6 Å². The van der Waals surface area contributed by atoms with Gasteiger partial charge in [0.15, 0.2) is 5.82 Å². The number of imidazole rings is 1. The van der Waals surface area contributed by atoms with Crippen LogP contribution in [0.1, 0.15) is 31.1 Å². The summed E-state index contributed by atoms with van der Waals surface area (Å²) in [6.07, 6.45) is 1.78. The quantitative estimate of drug-likeness (QED) is 0.876. The van der Waals surface area contributed by atoms with Crippen molar-refractivity contribution in [2.24, 2.45) is 0 Å². The maximum atomic E-state index is 5.40. The van der Waals surface area contributed by atoms with Crippen molar-refractivity contribution in [3.8, 4) is 5.82 Å². The summed E-state index contributed by atoms with van der Waals surface area (Å²) in [5.74, 6) is 2.28. The van der Waals surface area contributed by atoms with Gasteiger partial charge in [-0.2, -0.15) is 0 Å². The molecule has 0 aliphatic heterocycles. The zero-order valence-electron chi connectivity index (χ0n) is 12.5. The average Bonchev–Trinajstić information content (AvgIpc) is 2.77. The summed E-state index contributed by atoms with van der Waals surface area (Å²) < 4.78 is 7.37. The Labute approximate surface area is 119 Å². The minimum absolute atomic E-state index is 0.412. The van der Waals surface area contributed by atoms with Gasteiger partial charge < -0.3 is 10.1 Å². The Morgan fingerprint density at radius 1 is 1.25 bits per heavy atom. The van der Waals surface area contributed by atoms with Crippen LogP contribution < -0.4 is 5.32 Å². The van der Waals surface area contributed by atoms with E-state index in [1.54, 1.807) is 6.33 Å². The van der Waals surface area contributed by atoms with E-state index in [0.717, 1.165) is 29.6 Å². The fourth-order valence-corrected chi connectivity index (χ4v) is 1.87. The third-order valence-corrected chi connectivity index (χ3v) is 3.05. The number of nitrogens with one attached hydrogen (secondary N) is 1. The first-order chi connectivity index (χ1) is 9.65. The first-order valence-corrected chi connectivity index (χ1v) is 6.86. The van der Waals surface area contributed by atoms with E-state index < -0.39 is 0 Å². The van der Waals surface area contributed by atoms with Gasteiger partial charge in [0.2, 0.25) is 0 Å². The van der Waals surface area contributed by atoms with Gasteiger partial charge in [-0.1, -0.05) is 0 Å². The Kier molecular flexibility index (Phi) is 4.68. The summed E-state index contributed by atoms with van der Waals surface area (Å²) in [4.78, 5) is 13.3. The third-order valence-electron chi connectivity index (χ3n) is 3.05. The Hall–Kier alpha value is -1.95. The Morgan fingerprint density at radius 2 is 2.05 bits per heavy atom. The molecule has 0 amide bonds. The van der Waals surface area contributed by atoms with E-state index >= 15 is 0 Å². The molecule has 0 saturated carbocycles. The predicted octanol–water partition coefficient (Wildman–Crippen LogP) is 2.25. The van der Waals surface area contributed by atoms with Crippen LogP contribution in [0.4, 0.5) is 5.82 Å². The molecule has 6 nitrogen and oxygen atoms in total. The molecule has 2 aromatic rings. The first-order valence-electron chi connectivity index (χ1n) is 6.86. The number of nitrogens with zero attached hydrogens (tertiary/aromatic N) is 4. The molecule has 20 heavy (non-hydrogen) atoms. The monoisotopic (exact) mass is 275 g/mol. The van der Waals surface area contributed by atoms with Crippen LogP contribution in [0.15, 0.2) is 12.4 Å². The highest BCUT2D eigenvalue weighted by Gasteiger charge is 2.09. The van der Waals surface area contributed by atoms with Crippen LogP contribution in [0.25, 0.3) is 5.82 Å². The molecule has 0 spiro atoms. The average molecular weight is 275 g/mol. The number of aromatic nitrogens is 4. The smallest absolute Gasteiger partial charge is 0.158 e. The molecule has 2 heterocycles. The maximum absolute atomic E-state index is 5.40. The highest BCUT2D eigenvalue weighted by molar-refractivity contribution is 5.42. The molecule has 0 radical (unpaired) electrons. The van der Waals surface area contributed by atoms with Crippen LogP contribution in [0.2, 0.25) is 0 Å². The second-order valence-corrected chi connectivity index (χ2v) is 4.48. The summed E-state index contributed by atoms with van der Waals surface area (Å²) >= 11 is 0. The van der Waals surface area contributed by atoms with Gasteiger partial charge in [-0.3, -0.25) is 4.57 Å². The van der Waals surface area contributed by atoms with Gasteiger partial charge in [-0.15, -0.1) is 0 Å². The predicted molar refractivity (Wildman–Crippen MR) is 78.1 cm³/mol. The zero-order chi connectivity index (χ0) is 14.5. The Balaban J connectivity index is 2.40. The number of hydrogen-bond acceptors (Lipinski definition) is 5. The van der Waals surface area contributed by atoms with E-state index in [0.29, 0.717) is 19.0 Å². The van der Waals surface area contributed by atoms with E-state index in [-0.39, 0.29) is 0 Å². The van der Waals surface area contributed by atoms with Crippen LogP contribution >= 0.6 is 0 Å². The molecule has 0 unspecified atom stereocenters. The van der Waals surface area contributed by atoms with Crippen molar-refractivity contribution < 1.29 is 4.74 Å². The van der Waals surface area contributed by atoms with Crippen molar-refractivity contribution in [3.63, 3.8) is 0 Å². The van der Waals surface area contributed by atoms with Gasteiger partial charge in [0.05, 0.1) is 5.69 Å². The highest BCUT2D eigenvalue weighted by atomic mass is 16.5. The third kappa shape index (κ3) is 3.14. The van der Waals surface area contributed by atoms with Crippen molar-refractivity contribution >= 4 is 5.82 Å². The van der Waals surface area contributed by atoms with E-state index in [2.05, 4.69) is 20.3 Å². The van der Waals surface area contributed by atoms with E-state index in [4.69, 9.17) is 4.74 Å². The van der Waals surface area contributed by atoms with Crippen LogP contribution in [-0.4, -0.2) is 32.7 Å². The van der Waals surface area contributed by atoms with Crippen LogP contribution in [0.5, 0.6) is 0 Å². The molecule has 6 heteroatoms. The number of hydrogen-bond donors (Lipinski definition) is 1. The van der Waals surface area contributed by atoms with Gasteiger partial charge in [0, 0.05) is 24.9 Å². The SMILES string of the molecule is CCNc1cc(-n2cnc(C)c2C)nc(COCC)n1. The van der Waals surface area contributed by atoms with Gasteiger partial charge in [-0.25, -0.2) is 15.0 Å². The van der Waals surface area contributed by atoms with Crippen LogP contribution in [-0.2, 0) is 11.3 Å². The molecular formula is C14H21N5O. The molecule has 108 valence electrons. The normalized spacial score (nSPS) is 10.8. The zero-order valence-corrected chi connectivity index (χ0v) is 12.5. The van der Waals surface area contributed by atoms with E-state index in [9.17, 15) is 0 Å². The fraction of sp³-hybridized carbons (Fsp3) is 0.500. The first kappa shape index (κ1) is 14.5. The highest BCUT2D eigenvalue weighted by Crippen LogP contribution is 2.15. The summed E-state index contributed by atoms with van der Waals surface area (Å²) in [6, 6.07) is 1.92. The minimum atomic E-state index is 0.412. The largest absolute Gasteiger partial charge is 0.374 e. The second kappa shape index (κ2) is 6.47. The number of rotatable bonds is 6. The molecular weight excluding hydrogens is 254 g/mol. The second-order valence-electron chi connectivity index (χ2n) is 4.48. The van der Waals surface area contributed by atoms with Crippen LogP contribution in [0, 0.1) is 13.8 Å². The minimum Gasteiger partial charge on any atom is -0.374 e. The van der Waals surface area contributed by atoms with E-state index in [1.165, 1.54) is 0 Å². The summed E-state index contributed by atoms with van der Waals surface area (Å²) in [7, 11) is 0. The van der Waals surface area contributed by atoms with Gasteiger partial charge >= 0.3 is 0 Å². The van der Waals surface area contributed by atoms with Gasteiger partial charge in [-0.05, 0) is 27.7 Å². The van der Waals surface area contributed by atoms with Crippen molar-refractivity contribution in [2.75, 3.05) is 18.5 Å². The summed E-state index contributed by atoms with van der Waals surface area (Å²) in [5, 5.41) is 3.22. The molecule has 0 atom stereocenters. The standard InChI is InChI=1S/C14H21N5O/c1-5-15-12-7-14(18-13(17-12)8-20-6-2)19-9-16-10(3)11(19)4/h7,9H,5-6,8H2,1-4H3,(H,15,17,18). The molecule has 0 aliphatic carbocycles. The van der Waals surface area contributed by atoms with Gasteiger partial charge in [0.25, 0.3) is 0 Å². The van der Waals surface area contributed by atoms with Crippen LogP contribution in [0.3, 0.4) is 0 Å². The molecule has 1 N–H and O–H groups in total. The molecule has 2 aromatic heterocycles. The topological polar surface area (TPSA) is 64.9 Å². The van der Waals surface area contributed by atoms with Crippen molar-refractivity contribution in [2.45, 2.75) is 34.3 Å². The lowest BCUT2D eigenvalue weighted by Crippen LogP contribution is -2.09. The maximum Gasteiger partial charge on any atom is 0.158 e. The molecule has 0 fully saturated rings. The summed E-state index contributed by atoms with van der Waals surface area (Å²) in [5.41, 5.74) is 2.08. The van der Waals surface area contributed by atoms with E-state index in [1.807, 2.05) is 38.3 Å². The lowest BCUT2D eigenvalue weighted by atomic mass is 10.3. The molecule has 0 bridgehead atoms. The van der Waals surface area contributed by atoms with Crippen molar-refractivity contribution in [3.05, 3.63) is 29.6 Å². The molecule has 0 aliphatic rings. The summed E-state index contributed by atoms with van der Waals surface area (Å²) in [6.45, 7) is 9.88. The lowest BCUT2D eigenvalue weighted by molar-refractivity contribution is 0.128. The lowest BCUT2D eigenvalue weighted by Gasteiger charge is -2.10. The Morgan fingerprint density at radius 3 is 2.65 bits per heavy atom. The fourth-order valence-electron chi connectivity index (χ4n) is 1.87. The number of anilines is 1. The van der Waals surface area contributed by atoms with Crippen molar-refractivity contribution in [1.29, 1.82) is 0 Å².